The van der Waals surface area contributed by atoms with Crippen LogP contribution in [0.2, 0.25) is 5.02 Å². The van der Waals surface area contributed by atoms with Crippen LogP contribution in [-0.2, 0) is 4.74 Å². The molecule has 1 unspecified atom stereocenters. The number of amides is 1. The summed E-state index contributed by atoms with van der Waals surface area (Å²) in [5.74, 6) is 0.728. The van der Waals surface area contributed by atoms with Crippen molar-refractivity contribution in [2.45, 2.75) is 13.0 Å². The van der Waals surface area contributed by atoms with Crippen molar-refractivity contribution in [3.63, 3.8) is 0 Å². The number of carbonyl (C=O) groups is 1. The number of hydrogen-bond donors (Lipinski definition) is 1. The summed E-state index contributed by atoms with van der Waals surface area (Å²) in [5, 5.41) is 3.61. The van der Waals surface area contributed by atoms with Gasteiger partial charge in [-0.25, -0.2) is 0 Å². The summed E-state index contributed by atoms with van der Waals surface area (Å²) < 4.78 is 11.0. The maximum Gasteiger partial charge on any atom is 0.251 e. The minimum absolute atomic E-state index is 0.0766. The van der Waals surface area contributed by atoms with Crippen molar-refractivity contribution >= 4 is 17.5 Å². The minimum atomic E-state index is -0.123. The molecule has 1 fully saturated rings. The van der Waals surface area contributed by atoms with E-state index in [1.54, 1.807) is 24.3 Å². The number of benzene rings is 2. The number of ether oxygens (including phenoxy) is 2. The maximum absolute atomic E-state index is 12.5. The number of halogens is 1. The summed E-state index contributed by atoms with van der Waals surface area (Å²) in [6, 6.07) is 15.1. The summed E-state index contributed by atoms with van der Waals surface area (Å²) >= 11 is 6.00. The molecule has 6 heteroatoms. The molecule has 2 aromatic rings. The lowest BCUT2D eigenvalue weighted by molar-refractivity contribution is 0.0162. The summed E-state index contributed by atoms with van der Waals surface area (Å²) in [5.41, 5.74) is 1.71. The van der Waals surface area contributed by atoms with E-state index in [0.29, 0.717) is 37.0 Å². The molecule has 1 aliphatic rings. The van der Waals surface area contributed by atoms with Gasteiger partial charge in [0.2, 0.25) is 0 Å². The predicted molar refractivity (Wildman–Crippen MR) is 107 cm³/mol. The summed E-state index contributed by atoms with van der Waals surface area (Å²) in [6.07, 6.45) is 0. The second kappa shape index (κ2) is 9.74. The molecule has 2 aromatic carbocycles. The van der Waals surface area contributed by atoms with Crippen LogP contribution in [0.5, 0.6) is 5.75 Å². The van der Waals surface area contributed by atoms with Gasteiger partial charge in [0.1, 0.15) is 5.75 Å². The predicted octanol–water partition coefficient (Wildman–Crippen LogP) is 3.54. The lowest BCUT2D eigenvalue weighted by Gasteiger charge is -2.35. The maximum atomic E-state index is 12.5. The van der Waals surface area contributed by atoms with Gasteiger partial charge in [0.05, 0.1) is 25.9 Å². The van der Waals surface area contributed by atoms with Crippen molar-refractivity contribution in [3.8, 4) is 5.75 Å². The molecule has 0 radical (unpaired) electrons. The molecular formula is C21H25ClN2O3. The molecule has 27 heavy (non-hydrogen) atoms. The fourth-order valence-electron chi connectivity index (χ4n) is 3.22. The van der Waals surface area contributed by atoms with Gasteiger partial charge in [0.15, 0.2) is 0 Å². The standard InChI is InChI=1S/C21H25ClN2O3/c1-2-27-19-8-6-16(7-9-19)20(24-10-12-26-13-11-24)15-23-21(25)17-4-3-5-18(22)14-17/h3-9,14,20H,2,10-13,15H2,1H3,(H,23,25). The third-order valence-electron chi connectivity index (χ3n) is 4.61. The number of nitrogens with one attached hydrogen (secondary N) is 1. The van der Waals surface area contributed by atoms with Crippen molar-refractivity contribution in [1.29, 1.82) is 0 Å². The van der Waals surface area contributed by atoms with Gasteiger partial charge >= 0.3 is 0 Å². The first-order valence-electron chi connectivity index (χ1n) is 9.25. The molecule has 1 atom stereocenters. The topological polar surface area (TPSA) is 50.8 Å². The van der Waals surface area contributed by atoms with Crippen LogP contribution in [0.3, 0.4) is 0 Å². The van der Waals surface area contributed by atoms with E-state index >= 15 is 0 Å². The molecule has 0 spiro atoms. The zero-order chi connectivity index (χ0) is 19.1. The van der Waals surface area contributed by atoms with E-state index in [1.807, 2.05) is 19.1 Å². The van der Waals surface area contributed by atoms with Gasteiger partial charge in [-0.2, -0.15) is 0 Å². The van der Waals surface area contributed by atoms with Crippen molar-refractivity contribution in [1.82, 2.24) is 10.2 Å². The van der Waals surface area contributed by atoms with Crippen molar-refractivity contribution in [2.24, 2.45) is 0 Å². The Morgan fingerprint density at radius 3 is 2.63 bits per heavy atom. The van der Waals surface area contributed by atoms with Gasteiger partial charge in [-0.3, -0.25) is 9.69 Å². The zero-order valence-electron chi connectivity index (χ0n) is 15.5. The zero-order valence-corrected chi connectivity index (χ0v) is 16.2. The van der Waals surface area contributed by atoms with Crippen LogP contribution in [0, 0.1) is 0 Å². The number of morpholine rings is 1. The molecule has 1 aliphatic heterocycles. The van der Waals surface area contributed by atoms with Crippen LogP contribution >= 0.6 is 11.6 Å². The molecule has 144 valence electrons. The van der Waals surface area contributed by atoms with E-state index < -0.39 is 0 Å². The minimum Gasteiger partial charge on any atom is -0.494 e. The third-order valence-corrected chi connectivity index (χ3v) is 4.84. The highest BCUT2D eigenvalue weighted by molar-refractivity contribution is 6.30. The number of rotatable bonds is 7. The van der Waals surface area contributed by atoms with E-state index in [1.165, 1.54) is 0 Å². The van der Waals surface area contributed by atoms with Crippen molar-refractivity contribution in [2.75, 3.05) is 39.5 Å². The highest BCUT2D eigenvalue weighted by Crippen LogP contribution is 2.24. The Hall–Kier alpha value is -2.08. The Kier molecular flexibility index (Phi) is 7.10. The summed E-state index contributed by atoms with van der Waals surface area (Å²) in [4.78, 5) is 14.9. The highest BCUT2D eigenvalue weighted by atomic mass is 35.5. The fraction of sp³-hybridized carbons (Fsp3) is 0.381. The van der Waals surface area contributed by atoms with E-state index in [9.17, 15) is 4.79 Å². The van der Waals surface area contributed by atoms with Gasteiger partial charge < -0.3 is 14.8 Å². The molecule has 0 saturated carbocycles. The molecular weight excluding hydrogens is 364 g/mol. The number of nitrogens with zero attached hydrogens (tertiary/aromatic N) is 1. The van der Waals surface area contributed by atoms with Crippen LogP contribution < -0.4 is 10.1 Å². The lowest BCUT2D eigenvalue weighted by atomic mass is 10.0. The molecule has 0 aliphatic carbocycles. The SMILES string of the molecule is CCOc1ccc(C(CNC(=O)c2cccc(Cl)c2)N2CCOCC2)cc1. The largest absolute Gasteiger partial charge is 0.494 e. The Morgan fingerprint density at radius 1 is 1.22 bits per heavy atom. The highest BCUT2D eigenvalue weighted by Gasteiger charge is 2.23. The van der Waals surface area contributed by atoms with Crippen LogP contribution in [-0.4, -0.2) is 50.3 Å². The Labute approximate surface area is 165 Å². The first-order valence-corrected chi connectivity index (χ1v) is 9.63. The Morgan fingerprint density at radius 2 is 1.96 bits per heavy atom. The molecule has 1 saturated heterocycles. The lowest BCUT2D eigenvalue weighted by Crippen LogP contribution is -2.43. The van der Waals surface area contributed by atoms with E-state index in [2.05, 4.69) is 22.3 Å². The Bertz CT molecular complexity index is 745. The van der Waals surface area contributed by atoms with Crippen molar-refractivity contribution < 1.29 is 14.3 Å². The Balaban J connectivity index is 1.72. The molecule has 3 rings (SSSR count). The van der Waals surface area contributed by atoms with Gasteiger partial charge in [0.25, 0.3) is 5.91 Å². The van der Waals surface area contributed by atoms with Crippen molar-refractivity contribution in [3.05, 3.63) is 64.7 Å². The molecule has 1 heterocycles. The molecule has 0 bridgehead atoms. The monoisotopic (exact) mass is 388 g/mol. The summed E-state index contributed by atoms with van der Waals surface area (Å²) in [7, 11) is 0. The van der Waals surface area contributed by atoms with Crippen LogP contribution in [0.15, 0.2) is 48.5 Å². The first kappa shape index (κ1) is 19.7. The van der Waals surface area contributed by atoms with Crippen LogP contribution in [0.25, 0.3) is 0 Å². The average molecular weight is 389 g/mol. The number of hydrogen-bond acceptors (Lipinski definition) is 4. The second-order valence-electron chi connectivity index (χ2n) is 6.39. The number of carbonyl (C=O) groups excluding carboxylic acids is 1. The third kappa shape index (κ3) is 5.45. The van der Waals surface area contributed by atoms with E-state index in [0.717, 1.165) is 24.4 Å². The summed E-state index contributed by atoms with van der Waals surface area (Å²) in [6.45, 7) is 6.21. The van der Waals surface area contributed by atoms with E-state index in [-0.39, 0.29) is 11.9 Å². The molecule has 1 amide bonds. The molecule has 1 N–H and O–H groups in total. The molecule has 5 nitrogen and oxygen atoms in total. The average Bonchev–Trinajstić information content (AvgIpc) is 2.70. The normalized spacial score (nSPS) is 15.9. The van der Waals surface area contributed by atoms with Crippen LogP contribution in [0.1, 0.15) is 28.9 Å². The van der Waals surface area contributed by atoms with E-state index in [4.69, 9.17) is 21.1 Å². The van der Waals surface area contributed by atoms with Gasteiger partial charge in [-0.1, -0.05) is 29.8 Å². The smallest absolute Gasteiger partial charge is 0.251 e. The van der Waals surface area contributed by atoms with Gasteiger partial charge in [-0.15, -0.1) is 0 Å². The van der Waals surface area contributed by atoms with Crippen LogP contribution in [0.4, 0.5) is 0 Å². The first-order chi connectivity index (χ1) is 13.2. The van der Waals surface area contributed by atoms with Gasteiger partial charge in [0, 0.05) is 30.2 Å². The quantitative estimate of drug-likeness (QED) is 0.788. The van der Waals surface area contributed by atoms with Gasteiger partial charge in [-0.05, 0) is 42.8 Å². The fourth-order valence-corrected chi connectivity index (χ4v) is 3.41. The molecule has 0 aromatic heterocycles. The second-order valence-corrected chi connectivity index (χ2v) is 6.82.